The zero-order valence-electron chi connectivity index (χ0n) is 17.1. The van der Waals surface area contributed by atoms with Crippen LogP contribution in [0.15, 0.2) is 48.5 Å². The summed E-state index contributed by atoms with van der Waals surface area (Å²) in [6.45, 7) is -0.803. The van der Waals surface area contributed by atoms with Gasteiger partial charge in [0.25, 0.3) is 0 Å². The van der Waals surface area contributed by atoms with E-state index in [1.54, 1.807) is 35.2 Å². The molecule has 1 N–H and O–H groups in total. The van der Waals surface area contributed by atoms with E-state index in [1.807, 2.05) is 6.07 Å². The second-order valence-corrected chi connectivity index (χ2v) is 7.52. The number of rotatable bonds is 6. The molecule has 0 radical (unpaired) electrons. The van der Waals surface area contributed by atoms with Crippen molar-refractivity contribution >= 4 is 5.91 Å². The van der Waals surface area contributed by atoms with Crippen LogP contribution in [-0.4, -0.2) is 36.5 Å². The molecular weight excluding hydrogens is 452 g/mol. The molecule has 0 aliphatic carbocycles. The van der Waals surface area contributed by atoms with Gasteiger partial charge in [0.1, 0.15) is 0 Å². The van der Waals surface area contributed by atoms with Gasteiger partial charge in [-0.2, -0.15) is 31.6 Å². The normalized spacial score (nSPS) is 19.7. The van der Waals surface area contributed by atoms with Gasteiger partial charge < -0.3 is 10.1 Å². The van der Waals surface area contributed by atoms with Crippen molar-refractivity contribution in [3.05, 3.63) is 70.8 Å². The number of piperazine rings is 1. The van der Waals surface area contributed by atoms with Crippen molar-refractivity contribution < 1.29 is 35.9 Å². The Kier molecular flexibility index (Phi) is 7.29. The average Bonchev–Trinajstić information content (AvgIpc) is 2.73. The highest BCUT2D eigenvalue weighted by molar-refractivity contribution is 5.79. The van der Waals surface area contributed by atoms with Crippen LogP contribution in [0.25, 0.3) is 0 Å². The van der Waals surface area contributed by atoms with E-state index in [4.69, 9.17) is 10.00 Å². The van der Waals surface area contributed by atoms with Crippen molar-refractivity contribution in [3.63, 3.8) is 0 Å². The van der Waals surface area contributed by atoms with Crippen molar-refractivity contribution in [2.45, 2.75) is 31.0 Å². The second kappa shape index (κ2) is 9.80. The third-order valence-corrected chi connectivity index (χ3v) is 5.10. The lowest BCUT2D eigenvalue weighted by Crippen LogP contribution is -2.57. The quantitative estimate of drug-likeness (QED) is 0.504. The first-order valence-electron chi connectivity index (χ1n) is 9.80. The summed E-state index contributed by atoms with van der Waals surface area (Å²) in [6, 6.07) is 11.0. The summed E-state index contributed by atoms with van der Waals surface area (Å²) in [4.78, 5) is 13.7. The Morgan fingerprint density at radius 2 is 1.64 bits per heavy atom. The van der Waals surface area contributed by atoms with Gasteiger partial charge in [0.15, 0.2) is 0 Å². The number of halogens is 6. The molecule has 1 aliphatic rings. The molecule has 11 heteroatoms. The smallest absolute Gasteiger partial charge is 0.375 e. The maximum Gasteiger partial charge on any atom is 0.416 e. The van der Waals surface area contributed by atoms with E-state index in [2.05, 4.69) is 5.32 Å². The van der Waals surface area contributed by atoms with Crippen LogP contribution in [0.4, 0.5) is 26.3 Å². The fraction of sp³-hybridized carbons (Fsp3) is 0.364. The van der Waals surface area contributed by atoms with Crippen LogP contribution in [0.5, 0.6) is 0 Å². The maximum absolute atomic E-state index is 13.1. The summed E-state index contributed by atoms with van der Waals surface area (Å²) in [7, 11) is 0. The highest BCUT2D eigenvalue weighted by Crippen LogP contribution is 2.36. The van der Waals surface area contributed by atoms with Crippen molar-refractivity contribution in [1.29, 1.82) is 5.26 Å². The predicted molar refractivity (Wildman–Crippen MR) is 104 cm³/mol. The molecular formula is C22H19F6N3O2. The Morgan fingerprint density at radius 3 is 2.18 bits per heavy atom. The summed E-state index contributed by atoms with van der Waals surface area (Å²) < 4.78 is 83.8. The van der Waals surface area contributed by atoms with Gasteiger partial charge in [-0.25, -0.2) is 0 Å². The molecule has 33 heavy (non-hydrogen) atoms. The summed E-state index contributed by atoms with van der Waals surface area (Å²) >= 11 is 0. The van der Waals surface area contributed by atoms with Gasteiger partial charge in [-0.05, 0) is 29.3 Å². The first-order chi connectivity index (χ1) is 15.5. The van der Waals surface area contributed by atoms with Crippen molar-refractivity contribution in [2.24, 2.45) is 0 Å². The molecule has 0 spiro atoms. The van der Waals surface area contributed by atoms with Crippen LogP contribution < -0.4 is 5.32 Å². The van der Waals surface area contributed by atoms with Gasteiger partial charge in [-0.1, -0.05) is 30.3 Å². The fourth-order valence-corrected chi connectivity index (χ4v) is 3.75. The van der Waals surface area contributed by atoms with E-state index < -0.39 is 42.2 Å². The molecule has 0 aromatic heterocycles. The number of carbonyl (C=O) groups is 1. The standard InChI is InChI=1S/C22H19F6N3O2/c23-21(24,25)16-8-14(9-17(10-16)22(26,27)28)12-33-13-18-20(15-4-2-1-3-5-15)31(7-6-29)11-19(32)30-18/h1-5,8-10,18,20H,7,11-13H2,(H,30,32)/t18-,20+/m1/s1. The van der Waals surface area contributed by atoms with E-state index in [1.165, 1.54) is 0 Å². The number of nitrogens with zero attached hydrogens (tertiary/aromatic N) is 2. The van der Waals surface area contributed by atoms with E-state index in [0.717, 1.165) is 5.56 Å². The molecule has 2 atom stereocenters. The lowest BCUT2D eigenvalue weighted by Gasteiger charge is -2.40. The number of carbonyl (C=O) groups excluding carboxylic acids is 1. The molecule has 5 nitrogen and oxygen atoms in total. The van der Waals surface area contributed by atoms with Gasteiger partial charge in [-0.3, -0.25) is 9.69 Å². The Labute approximate surface area is 185 Å². The summed E-state index contributed by atoms with van der Waals surface area (Å²) in [5.74, 6) is -0.371. The minimum atomic E-state index is -4.95. The van der Waals surface area contributed by atoms with E-state index in [0.29, 0.717) is 12.1 Å². The minimum absolute atomic E-state index is 0.0355. The van der Waals surface area contributed by atoms with Gasteiger partial charge in [0.05, 0.1) is 55.6 Å². The third-order valence-electron chi connectivity index (χ3n) is 5.10. The highest BCUT2D eigenvalue weighted by Gasteiger charge is 2.38. The number of amides is 1. The highest BCUT2D eigenvalue weighted by atomic mass is 19.4. The third kappa shape index (κ3) is 6.24. The number of ether oxygens (including phenoxy) is 1. The molecule has 1 aliphatic heterocycles. The Balaban J connectivity index is 1.80. The maximum atomic E-state index is 13.1. The molecule has 0 unspecified atom stereocenters. The Bertz CT molecular complexity index is 985. The van der Waals surface area contributed by atoms with Crippen LogP contribution in [0.3, 0.4) is 0 Å². The number of nitrogens with one attached hydrogen (secondary N) is 1. The molecule has 176 valence electrons. The van der Waals surface area contributed by atoms with Crippen LogP contribution in [0, 0.1) is 11.3 Å². The van der Waals surface area contributed by atoms with Crippen LogP contribution in [0.2, 0.25) is 0 Å². The fourth-order valence-electron chi connectivity index (χ4n) is 3.75. The van der Waals surface area contributed by atoms with Crippen LogP contribution >= 0.6 is 0 Å². The Hall–Kier alpha value is -3.10. The largest absolute Gasteiger partial charge is 0.416 e. The monoisotopic (exact) mass is 471 g/mol. The average molecular weight is 471 g/mol. The van der Waals surface area contributed by atoms with E-state index in [9.17, 15) is 31.1 Å². The van der Waals surface area contributed by atoms with Crippen molar-refractivity contribution in [1.82, 2.24) is 10.2 Å². The lowest BCUT2D eigenvalue weighted by atomic mass is 9.95. The molecule has 1 fully saturated rings. The number of benzene rings is 2. The molecule has 0 saturated carbocycles. The van der Waals surface area contributed by atoms with Gasteiger partial charge >= 0.3 is 12.4 Å². The van der Waals surface area contributed by atoms with E-state index >= 15 is 0 Å². The van der Waals surface area contributed by atoms with Gasteiger partial charge in [-0.15, -0.1) is 0 Å². The molecule has 0 bridgehead atoms. The van der Waals surface area contributed by atoms with Crippen molar-refractivity contribution in [3.8, 4) is 6.07 Å². The van der Waals surface area contributed by atoms with Crippen molar-refractivity contribution in [2.75, 3.05) is 19.7 Å². The lowest BCUT2D eigenvalue weighted by molar-refractivity contribution is -0.143. The molecule has 1 heterocycles. The zero-order valence-corrected chi connectivity index (χ0v) is 17.1. The molecule has 1 saturated heterocycles. The van der Waals surface area contributed by atoms with Crippen LogP contribution in [-0.2, 0) is 28.5 Å². The SMILES string of the molecule is N#CCN1CC(=O)N[C@H](COCc2cc(C(F)(F)F)cc(C(F)(F)F)c2)[C@@H]1c1ccccc1. The minimum Gasteiger partial charge on any atom is -0.375 e. The number of hydrogen-bond donors (Lipinski definition) is 1. The second-order valence-electron chi connectivity index (χ2n) is 7.52. The number of nitriles is 1. The predicted octanol–water partition coefficient (Wildman–Crippen LogP) is 4.31. The molecule has 1 amide bonds. The number of hydrogen-bond acceptors (Lipinski definition) is 4. The summed E-state index contributed by atoms with van der Waals surface area (Å²) in [6.07, 6.45) is -9.91. The zero-order chi connectivity index (χ0) is 24.2. The van der Waals surface area contributed by atoms with E-state index in [-0.39, 0.29) is 37.2 Å². The topological polar surface area (TPSA) is 65.4 Å². The first kappa shape index (κ1) is 24.5. The molecule has 2 aromatic carbocycles. The molecule has 2 aromatic rings. The first-order valence-corrected chi connectivity index (χ1v) is 9.80. The summed E-state index contributed by atoms with van der Waals surface area (Å²) in [5.41, 5.74) is -2.38. The molecule has 3 rings (SSSR count). The number of alkyl halides is 6. The van der Waals surface area contributed by atoms with Crippen LogP contribution in [0.1, 0.15) is 28.3 Å². The Morgan fingerprint density at radius 1 is 1.03 bits per heavy atom. The van der Waals surface area contributed by atoms with Gasteiger partial charge in [0, 0.05) is 0 Å². The van der Waals surface area contributed by atoms with Gasteiger partial charge in [0.2, 0.25) is 5.91 Å². The summed E-state index contributed by atoms with van der Waals surface area (Å²) in [5, 5.41) is 11.9.